The monoisotopic (exact) mass is 414 g/mol. The first kappa shape index (κ1) is 33.1. The summed E-state index contributed by atoms with van der Waals surface area (Å²) in [5.74, 6) is -12.0. The standard InChI is InChI=1S/2C6H8O7.C.Mg/c2*7-3(8)1-6(13,5(11)12)2-4(9)10;;/h2*13H,1-2H2,(H,7,8)(H,9,10)(H,11,12);;/q;;+4;+2/p-6. The van der Waals surface area contributed by atoms with Gasteiger partial charge in [0.05, 0.1) is 11.9 Å². The number of carboxylic acid groups (broad SMARTS) is 6. The van der Waals surface area contributed by atoms with Crippen molar-refractivity contribution in [2.24, 2.45) is 0 Å². The van der Waals surface area contributed by atoms with Crippen molar-refractivity contribution in [3.05, 3.63) is 7.43 Å². The molecule has 0 amide bonds. The van der Waals surface area contributed by atoms with E-state index in [1.165, 1.54) is 0 Å². The van der Waals surface area contributed by atoms with Gasteiger partial charge in [0, 0.05) is 49.6 Å². The number of carboxylic acids is 6. The summed E-state index contributed by atoms with van der Waals surface area (Å²) in [6.45, 7) is 0. The number of carbonyl (C=O) groups excluding carboxylic acids is 6. The van der Waals surface area contributed by atoms with Gasteiger partial charge in [-0.1, -0.05) is 0 Å². The molecule has 0 fully saturated rings. The molecule has 15 heteroatoms. The molecule has 0 saturated heterocycles. The Kier molecular flexibility index (Phi) is 16.1. The van der Waals surface area contributed by atoms with Crippen LogP contribution in [0.25, 0.3) is 0 Å². The van der Waals surface area contributed by atoms with E-state index in [4.69, 9.17) is 10.2 Å². The Morgan fingerprint density at radius 3 is 0.750 bits per heavy atom. The average molecular weight is 415 g/mol. The minimum atomic E-state index is -2.97. The van der Waals surface area contributed by atoms with E-state index in [0.717, 1.165) is 0 Å². The Balaban J connectivity index is -0.000000192. The SMILES string of the molecule is O=C([O-])CC(O)(CC(=O)[O-])C(=O)[O-].O=C([O-])CC(O)(CC(=O)[O-])C(=O)[O-].[C+4].[Mg+2]. The van der Waals surface area contributed by atoms with Crippen LogP contribution >= 0.6 is 0 Å². The first-order chi connectivity index (χ1) is 11.6. The second-order valence-corrected chi connectivity index (χ2v) is 4.83. The molecule has 0 aliphatic heterocycles. The van der Waals surface area contributed by atoms with E-state index in [9.17, 15) is 59.4 Å². The minimum absolute atomic E-state index is 0. The van der Waals surface area contributed by atoms with Crippen LogP contribution in [0, 0.1) is 7.43 Å². The Bertz CT molecular complexity index is 514. The molecule has 0 atom stereocenters. The minimum Gasteiger partial charge on any atom is -0.550 e. The van der Waals surface area contributed by atoms with Crippen LogP contribution in [-0.2, 0) is 28.8 Å². The molecule has 0 aromatic carbocycles. The summed E-state index contributed by atoms with van der Waals surface area (Å²) in [6.07, 6.45) is -5.43. The normalized spacial score (nSPS) is 10.1. The van der Waals surface area contributed by atoms with Gasteiger partial charge in [-0.2, -0.15) is 0 Å². The van der Waals surface area contributed by atoms with Gasteiger partial charge in [0.2, 0.25) is 0 Å². The second kappa shape index (κ2) is 13.6. The molecule has 28 heavy (non-hydrogen) atoms. The number of rotatable bonds is 10. The first-order valence-electron chi connectivity index (χ1n) is 6.23. The van der Waals surface area contributed by atoms with Crippen molar-refractivity contribution in [3.63, 3.8) is 0 Å². The van der Waals surface area contributed by atoms with Gasteiger partial charge in [0.1, 0.15) is 11.2 Å². The van der Waals surface area contributed by atoms with Gasteiger partial charge in [-0.3, -0.25) is 0 Å². The summed E-state index contributed by atoms with van der Waals surface area (Å²) in [7, 11) is 0. The smallest absolute Gasteiger partial charge is 0.550 e. The van der Waals surface area contributed by atoms with Crippen LogP contribution in [0.4, 0.5) is 0 Å². The van der Waals surface area contributed by atoms with E-state index < -0.39 is 72.7 Å². The van der Waals surface area contributed by atoms with Gasteiger partial charge in [-0.15, -0.1) is 0 Å². The number of hydrogen-bond donors (Lipinski definition) is 2. The molecule has 0 aromatic rings. The van der Waals surface area contributed by atoms with E-state index >= 15 is 0 Å². The third kappa shape index (κ3) is 13.7. The molecule has 0 rings (SSSR count). The number of hydrogen-bond acceptors (Lipinski definition) is 14. The van der Waals surface area contributed by atoms with E-state index in [-0.39, 0.29) is 30.5 Å². The van der Waals surface area contributed by atoms with Crippen LogP contribution in [0.5, 0.6) is 0 Å². The molecule has 0 radical (unpaired) electrons. The van der Waals surface area contributed by atoms with Crippen molar-refractivity contribution in [1.29, 1.82) is 0 Å². The first-order valence-corrected chi connectivity index (χ1v) is 6.23. The molecule has 148 valence electrons. The summed E-state index contributed by atoms with van der Waals surface area (Å²) >= 11 is 0. The molecule has 2 N–H and O–H groups in total. The number of aliphatic hydroxyl groups is 2. The molecule has 14 nitrogen and oxygen atoms in total. The fourth-order valence-corrected chi connectivity index (χ4v) is 1.37. The Morgan fingerprint density at radius 2 is 0.679 bits per heavy atom. The fourth-order valence-electron chi connectivity index (χ4n) is 1.37. The van der Waals surface area contributed by atoms with E-state index in [0.29, 0.717) is 0 Å². The van der Waals surface area contributed by atoms with Crippen molar-refractivity contribution in [1.82, 2.24) is 0 Å². The molecule has 0 aliphatic carbocycles. The zero-order valence-electron chi connectivity index (χ0n) is 13.8. The van der Waals surface area contributed by atoms with Gasteiger partial charge >= 0.3 is 30.5 Å². The van der Waals surface area contributed by atoms with Crippen LogP contribution in [0.2, 0.25) is 0 Å². The van der Waals surface area contributed by atoms with E-state index in [2.05, 4.69) is 0 Å². The Labute approximate surface area is 173 Å². The number of aliphatic carboxylic acids is 6. The number of carbonyl (C=O) groups is 6. The van der Waals surface area contributed by atoms with Gasteiger partial charge in [0.15, 0.2) is 0 Å². The predicted octanol–water partition coefficient (Wildman–Crippen LogP) is -10.8. The summed E-state index contributed by atoms with van der Waals surface area (Å²) in [4.78, 5) is 60.0. The largest absolute Gasteiger partial charge is 4.00 e. The van der Waals surface area contributed by atoms with Crippen molar-refractivity contribution < 1.29 is 69.6 Å². The maximum Gasteiger partial charge on any atom is 4.00 e. The summed E-state index contributed by atoms with van der Waals surface area (Å²) < 4.78 is 0. The molecule has 0 heterocycles. The maximum absolute atomic E-state index is 10.1. The molecule has 0 unspecified atom stereocenters. The van der Waals surface area contributed by atoms with Crippen LogP contribution in [0.1, 0.15) is 25.7 Å². The molecule has 0 spiro atoms. The van der Waals surface area contributed by atoms with Crippen molar-refractivity contribution >= 4 is 58.9 Å². The average Bonchev–Trinajstić information content (AvgIpc) is 2.34. The van der Waals surface area contributed by atoms with Gasteiger partial charge in [-0.25, -0.2) is 0 Å². The molecular weight excluding hydrogens is 404 g/mol. The van der Waals surface area contributed by atoms with Crippen LogP contribution in [-0.4, -0.2) is 80.3 Å². The fraction of sp³-hybridized carbons (Fsp3) is 0.462. The molecule has 0 saturated carbocycles. The van der Waals surface area contributed by atoms with Crippen LogP contribution < -0.4 is 30.6 Å². The summed E-state index contributed by atoms with van der Waals surface area (Å²) in [5.41, 5.74) is -5.95. The third-order valence-electron chi connectivity index (χ3n) is 2.51. The zero-order chi connectivity index (χ0) is 21.3. The molecule has 0 aliphatic rings. The topological polar surface area (TPSA) is 281 Å². The molecular formula is C13H10MgO14. The molecule has 0 aromatic heterocycles. The van der Waals surface area contributed by atoms with Crippen LogP contribution in [0.3, 0.4) is 0 Å². The summed E-state index contributed by atoms with van der Waals surface area (Å²) in [6, 6.07) is 0. The van der Waals surface area contributed by atoms with Gasteiger partial charge in [0.25, 0.3) is 0 Å². The Hall–Kier alpha value is -2.49. The quantitative estimate of drug-likeness (QED) is 0.314. The summed E-state index contributed by atoms with van der Waals surface area (Å²) in [5, 5.41) is 77.9. The van der Waals surface area contributed by atoms with Crippen molar-refractivity contribution in [2.45, 2.75) is 36.9 Å². The van der Waals surface area contributed by atoms with Gasteiger partial charge in [-0.05, 0) is 0 Å². The zero-order valence-corrected chi connectivity index (χ0v) is 15.2. The van der Waals surface area contributed by atoms with Crippen molar-refractivity contribution in [2.75, 3.05) is 0 Å². The Morgan fingerprint density at radius 1 is 0.536 bits per heavy atom. The predicted molar refractivity (Wildman–Crippen MR) is 67.4 cm³/mol. The van der Waals surface area contributed by atoms with E-state index in [1.807, 2.05) is 0 Å². The van der Waals surface area contributed by atoms with E-state index in [1.54, 1.807) is 0 Å². The second-order valence-electron chi connectivity index (χ2n) is 4.83. The maximum atomic E-state index is 10.1. The molecule has 0 bridgehead atoms. The van der Waals surface area contributed by atoms with Crippen molar-refractivity contribution in [3.8, 4) is 0 Å². The third-order valence-corrected chi connectivity index (χ3v) is 2.51. The van der Waals surface area contributed by atoms with Crippen LogP contribution in [0.15, 0.2) is 0 Å². The van der Waals surface area contributed by atoms with Gasteiger partial charge < -0.3 is 69.6 Å².